The Morgan fingerprint density at radius 1 is 1.22 bits per heavy atom. The molecule has 1 rings (SSSR count). The van der Waals surface area contributed by atoms with Crippen molar-refractivity contribution in [1.29, 1.82) is 0 Å². The van der Waals surface area contributed by atoms with Crippen LogP contribution in [0.25, 0.3) is 0 Å². The van der Waals surface area contributed by atoms with Crippen LogP contribution < -0.4 is 5.32 Å². The Bertz CT molecular complexity index is 446. The highest BCUT2D eigenvalue weighted by Gasteiger charge is 2.21. The van der Waals surface area contributed by atoms with E-state index in [2.05, 4.69) is 5.32 Å². The highest BCUT2D eigenvalue weighted by molar-refractivity contribution is 6.34. The average Bonchev–Trinajstić information content (AvgIpc) is 2.27. The Hall–Kier alpha value is -1.55. The van der Waals surface area contributed by atoms with E-state index in [9.17, 15) is 9.59 Å². The molecule has 5 heteroatoms. The zero-order chi connectivity index (χ0) is 13.7. The Morgan fingerprint density at radius 2 is 1.83 bits per heavy atom. The number of hydrogen-bond donors (Lipinski definition) is 1. The fraction of sp³-hybridized carbons (Fsp3) is 0.385. The molecule has 0 fully saturated rings. The molecule has 0 saturated carbocycles. The molecule has 1 aromatic carbocycles. The number of rotatable bonds is 4. The minimum absolute atomic E-state index is 0.0416. The number of hydrogen-bond acceptors (Lipinski definition) is 3. The van der Waals surface area contributed by atoms with Crippen molar-refractivity contribution in [1.82, 2.24) is 5.32 Å². The van der Waals surface area contributed by atoms with Crippen LogP contribution in [0, 0.1) is 0 Å². The van der Waals surface area contributed by atoms with Crippen LogP contribution in [-0.4, -0.2) is 24.0 Å². The highest BCUT2D eigenvalue weighted by atomic mass is 35.5. The monoisotopic (exact) mass is 269 g/mol. The number of amides is 1. The first-order chi connectivity index (χ1) is 8.41. The molecule has 0 radical (unpaired) electrons. The van der Waals surface area contributed by atoms with Gasteiger partial charge in [-0.2, -0.15) is 0 Å². The molecule has 0 aliphatic rings. The van der Waals surface area contributed by atoms with Crippen molar-refractivity contribution in [2.75, 3.05) is 0 Å². The SMILES string of the molecule is CC(C)NC(=O)O[C@H](C)C(=O)c1ccccc1Cl. The van der Waals surface area contributed by atoms with E-state index in [0.29, 0.717) is 10.6 Å². The summed E-state index contributed by atoms with van der Waals surface area (Å²) in [7, 11) is 0. The van der Waals surface area contributed by atoms with Gasteiger partial charge in [-0.15, -0.1) is 0 Å². The molecule has 18 heavy (non-hydrogen) atoms. The largest absolute Gasteiger partial charge is 0.438 e. The topological polar surface area (TPSA) is 55.4 Å². The van der Waals surface area contributed by atoms with Crippen molar-refractivity contribution < 1.29 is 14.3 Å². The van der Waals surface area contributed by atoms with E-state index in [-0.39, 0.29) is 11.8 Å². The predicted molar refractivity (Wildman–Crippen MR) is 70.0 cm³/mol. The van der Waals surface area contributed by atoms with Crippen LogP contribution in [0.1, 0.15) is 31.1 Å². The summed E-state index contributed by atoms with van der Waals surface area (Å²) in [6.07, 6.45) is -1.48. The molecule has 0 bridgehead atoms. The van der Waals surface area contributed by atoms with Crippen molar-refractivity contribution in [3.8, 4) is 0 Å². The van der Waals surface area contributed by atoms with Crippen LogP contribution >= 0.6 is 11.6 Å². The summed E-state index contributed by atoms with van der Waals surface area (Å²) in [5.41, 5.74) is 0.351. The Balaban J connectivity index is 2.68. The number of Topliss-reactive ketones (excluding diaryl/α,β-unsaturated/α-hetero) is 1. The van der Waals surface area contributed by atoms with Gasteiger partial charge in [0.2, 0.25) is 5.78 Å². The van der Waals surface area contributed by atoms with Crippen molar-refractivity contribution in [3.63, 3.8) is 0 Å². The van der Waals surface area contributed by atoms with Crippen molar-refractivity contribution in [2.45, 2.75) is 32.9 Å². The molecular weight excluding hydrogens is 254 g/mol. The fourth-order valence-corrected chi connectivity index (χ4v) is 1.59. The zero-order valence-electron chi connectivity index (χ0n) is 10.6. The van der Waals surface area contributed by atoms with Gasteiger partial charge >= 0.3 is 6.09 Å². The zero-order valence-corrected chi connectivity index (χ0v) is 11.3. The molecule has 0 unspecified atom stereocenters. The van der Waals surface area contributed by atoms with Gasteiger partial charge in [0.15, 0.2) is 6.10 Å². The van der Waals surface area contributed by atoms with Crippen LogP contribution in [0.4, 0.5) is 4.79 Å². The second kappa shape index (κ2) is 6.40. The molecule has 0 saturated heterocycles. The van der Waals surface area contributed by atoms with E-state index in [0.717, 1.165) is 0 Å². The summed E-state index contributed by atoms with van der Waals surface area (Å²) < 4.78 is 4.97. The molecule has 0 aliphatic heterocycles. The van der Waals surface area contributed by atoms with Gasteiger partial charge in [-0.3, -0.25) is 4.79 Å². The summed E-state index contributed by atoms with van der Waals surface area (Å²) >= 11 is 5.91. The van der Waals surface area contributed by atoms with E-state index in [1.54, 1.807) is 24.3 Å². The first-order valence-electron chi connectivity index (χ1n) is 5.67. The smallest absolute Gasteiger partial charge is 0.408 e. The molecule has 1 atom stereocenters. The van der Waals surface area contributed by atoms with Crippen molar-refractivity contribution in [3.05, 3.63) is 34.9 Å². The second-order valence-electron chi connectivity index (χ2n) is 4.19. The molecule has 98 valence electrons. The minimum atomic E-state index is -0.872. The van der Waals surface area contributed by atoms with Crippen LogP contribution in [0.15, 0.2) is 24.3 Å². The van der Waals surface area contributed by atoms with Crippen LogP contribution in [-0.2, 0) is 4.74 Å². The summed E-state index contributed by atoms with van der Waals surface area (Å²) in [4.78, 5) is 23.4. The number of ketones is 1. The summed E-state index contributed by atoms with van der Waals surface area (Å²) in [6, 6.07) is 6.62. The van der Waals surface area contributed by atoms with Gasteiger partial charge in [0.05, 0.1) is 5.02 Å². The van der Waals surface area contributed by atoms with Crippen molar-refractivity contribution >= 4 is 23.5 Å². The summed E-state index contributed by atoms with van der Waals surface area (Å²) in [6.45, 7) is 5.13. The third-order valence-electron chi connectivity index (χ3n) is 2.20. The molecule has 0 aliphatic carbocycles. The highest BCUT2D eigenvalue weighted by Crippen LogP contribution is 2.17. The van der Waals surface area contributed by atoms with Gasteiger partial charge in [0.25, 0.3) is 0 Å². The molecule has 1 aromatic rings. The maximum atomic E-state index is 12.0. The lowest BCUT2D eigenvalue weighted by molar-refractivity contribution is 0.0666. The van der Waals surface area contributed by atoms with Crippen LogP contribution in [0.5, 0.6) is 0 Å². The Labute approximate surface area is 111 Å². The number of carbonyl (C=O) groups is 2. The number of alkyl carbamates (subject to hydrolysis) is 1. The number of carbonyl (C=O) groups excluding carboxylic acids is 2. The lowest BCUT2D eigenvalue weighted by Gasteiger charge is -2.15. The fourth-order valence-electron chi connectivity index (χ4n) is 1.36. The molecule has 0 spiro atoms. The van der Waals surface area contributed by atoms with Gasteiger partial charge in [-0.05, 0) is 32.9 Å². The summed E-state index contributed by atoms with van der Waals surface area (Å²) in [5.74, 6) is -0.320. The Kier molecular flexibility index (Phi) is 5.16. The van der Waals surface area contributed by atoms with Gasteiger partial charge in [0, 0.05) is 11.6 Å². The molecule has 1 amide bonds. The van der Waals surface area contributed by atoms with Crippen LogP contribution in [0.2, 0.25) is 5.02 Å². The lowest BCUT2D eigenvalue weighted by Crippen LogP contribution is -2.35. The van der Waals surface area contributed by atoms with Crippen molar-refractivity contribution in [2.24, 2.45) is 0 Å². The first kappa shape index (κ1) is 14.5. The number of nitrogens with one attached hydrogen (secondary N) is 1. The van der Waals surface area contributed by atoms with Gasteiger partial charge < -0.3 is 10.1 Å². The van der Waals surface area contributed by atoms with E-state index in [1.165, 1.54) is 6.92 Å². The normalized spacial score (nSPS) is 12.1. The standard InChI is InChI=1S/C13H16ClNO3/c1-8(2)15-13(17)18-9(3)12(16)10-6-4-5-7-11(10)14/h4-9H,1-3H3,(H,15,17)/t9-/m1/s1. The molecular formula is C13H16ClNO3. The molecule has 1 N–H and O–H groups in total. The van der Waals surface area contributed by atoms with E-state index < -0.39 is 12.2 Å². The Morgan fingerprint density at radius 3 is 2.39 bits per heavy atom. The molecule has 0 heterocycles. The molecule has 4 nitrogen and oxygen atoms in total. The third kappa shape index (κ3) is 4.04. The maximum absolute atomic E-state index is 12.0. The minimum Gasteiger partial charge on any atom is -0.438 e. The average molecular weight is 270 g/mol. The van der Waals surface area contributed by atoms with E-state index in [1.807, 2.05) is 13.8 Å². The van der Waals surface area contributed by atoms with Crippen LogP contribution in [0.3, 0.4) is 0 Å². The number of halogens is 1. The van der Waals surface area contributed by atoms with E-state index >= 15 is 0 Å². The molecule has 0 aromatic heterocycles. The maximum Gasteiger partial charge on any atom is 0.408 e. The third-order valence-corrected chi connectivity index (χ3v) is 2.53. The number of benzene rings is 1. The van der Waals surface area contributed by atoms with Gasteiger partial charge in [-0.25, -0.2) is 4.79 Å². The lowest BCUT2D eigenvalue weighted by atomic mass is 10.1. The quantitative estimate of drug-likeness (QED) is 0.855. The number of ether oxygens (including phenoxy) is 1. The van der Waals surface area contributed by atoms with E-state index in [4.69, 9.17) is 16.3 Å². The second-order valence-corrected chi connectivity index (χ2v) is 4.60. The first-order valence-corrected chi connectivity index (χ1v) is 6.05. The van der Waals surface area contributed by atoms with Gasteiger partial charge in [-0.1, -0.05) is 23.7 Å². The summed E-state index contributed by atoms with van der Waals surface area (Å²) in [5, 5.41) is 2.90. The van der Waals surface area contributed by atoms with Gasteiger partial charge in [0.1, 0.15) is 0 Å². The predicted octanol–water partition coefficient (Wildman–Crippen LogP) is 3.05.